The molecule has 0 heterocycles. The van der Waals surface area contributed by atoms with Crippen molar-refractivity contribution in [2.24, 2.45) is 0 Å². The van der Waals surface area contributed by atoms with Crippen LogP contribution >= 0.6 is 11.6 Å². The quantitative estimate of drug-likeness (QED) is 0.921. The van der Waals surface area contributed by atoms with Crippen LogP contribution in [-0.4, -0.2) is 12.5 Å². The van der Waals surface area contributed by atoms with Gasteiger partial charge in [0, 0.05) is 5.02 Å². The van der Waals surface area contributed by atoms with Gasteiger partial charge in [0.2, 0.25) is 5.91 Å². The van der Waals surface area contributed by atoms with Gasteiger partial charge in [-0.3, -0.25) is 4.79 Å². The Bertz CT molecular complexity index is 680. The Kier molecular flexibility index (Phi) is 5.33. The van der Waals surface area contributed by atoms with Crippen LogP contribution in [0.1, 0.15) is 11.1 Å². The number of hydrogen-bond donors (Lipinski definition) is 1. The number of halogens is 1. The number of ether oxygens (including phenoxy) is 1. The molecule has 0 aliphatic rings. The zero-order valence-electron chi connectivity index (χ0n) is 11.2. The number of para-hydroxylation sites is 1. The number of hydrogen-bond acceptors (Lipinski definition) is 3. The largest absolute Gasteiger partial charge is 0.367 e. The van der Waals surface area contributed by atoms with Crippen LogP contribution in [0, 0.1) is 11.3 Å². The molecule has 0 fully saturated rings. The highest BCUT2D eigenvalue weighted by Gasteiger charge is 2.06. The topological polar surface area (TPSA) is 62.1 Å². The molecule has 1 N–H and O–H groups in total. The number of carbonyl (C=O) groups excluding carboxylic acids is 1. The Morgan fingerprint density at radius 3 is 2.81 bits per heavy atom. The Morgan fingerprint density at radius 1 is 1.24 bits per heavy atom. The summed E-state index contributed by atoms with van der Waals surface area (Å²) in [6.45, 7) is 0.208. The second-order valence-electron chi connectivity index (χ2n) is 4.33. The van der Waals surface area contributed by atoms with Gasteiger partial charge in [-0.2, -0.15) is 5.26 Å². The van der Waals surface area contributed by atoms with E-state index in [2.05, 4.69) is 5.32 Å². The molecule has 0 bridgehead atoms. The molecule has 0 aromatic heterocycles. The van der Waals surface area contributed by atoms with Crippen molar-refractivity contribution < 1.29 is 9.53 Å². The Hall–Kier alpha value is -2.35. The van der Waals surface area contributed by atoms with Gasteiger partial charge in [0.25, 0.3) is 0 Å². The van der Waals surface area contributed by atoms with E-state index in [1.165, 1.54) is 0 Å². The zero-order valence-corrected chi connectivity index (χ0v) is 11.9. The fraction of sp³-hybridized carbons (Fsp3) is 0.125. The Labute approximate surface area is 127 Å². The molecule has 0 saturated carbocycles. The molecular formula is C16H13ClN2O2. The molecule has 2 aromatic carbocycles. The highest BCUT2D eigenvalue weighted by atomic mass is 35.5. The van der Waals surface area contributed by atoms with Crippen molar-refractivity contribution in [2.45, 2.75) is 6.61 Å². The van der Waals surface area contributed by atoms with E-state index in [9.17, 15) is 4.79 Å². The number of nitrogens with zero attached hydrogens (tertiary/aromatic N) is 1. The van der Waals surface area contributed by atoms with E-state index in [4.69, 9.17) is 21.6 Å². The Morgan fingerprint density at radius 2 is 2.05 bits per heavy atom. The van der Waals surface area contributed by atoms with Gasteiger partial charge in [0.05, 0.1) is 17.9 Å². The van der Waals surface area contributed by atoms with Crippen molar-refractivity contribution in [3.8, 4) is 6.07 Å². The van der Waals surface area contributed by atoms with Crippen molar-refractivity contribution >= 4 is 23.2 Å². The number of rotatable bonds is 5. The van der Waals surface area contributed by atoms with Gasteiger partial charge in [0.15, 0.2) is 0 Å². The summed E-state index contributed by atoms with van der Waals surface area (Å²) >= 11 is 5.86. The molecule has 0 aliphatic heterocycles. The molecule has 2 rings (SSSR count). The van der Waals surface area contributed by atoms with Crippen LogP contribution in [0.15, 0.2) is 48.5 Å². The van der Waals surface area contributed by atoms with Gasteiger partial charge >= 0.3 is 0 Å². The van der Waals surface area contributed by atoms with Crippen LogP contribution in [0.4, 0.5) is 5.69 Å². The van der Waals surface area contributed by atoms with E-state index < -0.39 is 0 Å². The summed E-state index contributed by atoms with van der Waals surface area (Å²) in [5.41, 5.74) is 1.80. The molecule has 1 amide bonds. The molecule has 0 saturated heterocycles. The van der Waals surface area contributed by atoms with Crippen LogP contribution in [0.2, 0.25) is 5.02 Å². The number of amides is 1. The van der Waals surface area contributed by atoms with Crippen molar-refractivity contribution in [2.75, 3.05) is 11.9 Å². The van der Waals surface area contributed by atoms with Crippen molar-refractivity contribution in [3.63, 3.8) is 0 Å². The minimum atomic E-state index is -0.306. The average molecular weight is 301 g/mol. The molecule has 0 spiro atoms. The van der Waals surface area contributed by atoms with E-state index in [1.54, 1.807) is 36.4 Å². The number of carbonyl (C=O) groups is 1. The molecule has 0 atom stereocenters. The molecule has 4 nitrogen and oxygen atoms in total. The highest BCUT2D eigenvalue weighted by Crippen LogP contribution is 2.14. The van der Waals surface area contributed by atoms with Crippen LogP contribution in [0.5, 0.6) is 0 Å². The first-order chi connectivity index (χ1) is 10.2. The molecule has 0 unspecified atom stereocenters. The minimum Gasteiger partial charge on any atom is -0.367 e. The van der Waals surface area contributed by atoms with E-state index in [0.29, 0.717) is 22.9 Å². The van der Waals surface area contributed by atoms with Crippen molar-refractivity contribution in [1.82, 2.24) is 0 Å². The van der Waals surface area contributed by atoms with Gasteiger partial charge in [-0.1, -0.05) is 35.9 Å². The fourth-order valence-electron chi connectivity index (χ4n) is 1.76. The van der Waals surface area contributed by atoms with E-state index >= 15 is 0 Å². The van der Waals surface area contributed by atoms with Gasteiger partial charge in [-0.15, -0.1) is 0 Å². The minimum absolute atomic E-state index is 0.0910. The smallest absolute Gasteiger partial charge is 0.250 e. The fourth-order valence-corrected chi connectivity index (χ4v) is 1.98. The van der Waals surface area contributed by atoms with E-state index in [-0.39, 0.29) is 12.5 Å². The zero-order chi connectivity index (χ0) is 15.1. The average Bonchev–Trinajstić information content (AvgIpc) is 2.48. The summed E-state index contributed by atoms with van der Waals surface area (Å²) in [5.74, 6) is -0.306. The normalized spacial score (nSPS) is 9.90. The first-order valence-electron chi connectivity index (χ1n) is 6.30. The second kappa shape index (κ2) is 7.44. The molecule has 21 heavy (non-hydrogen) atoms. The summed E-state index contributed by atoms with van der Waals surface area (Å²) in [5, 5.41) is 12.2. The van der Waals surface area contributed by atoms with Crippen LogP contribution in [-0.2, 0) is 16.1 Å². The van der Waals surface area contributed by atoms with Crippen molar-refractivity contribution in [3.05, 3.63) is 64.7 Å². The van der Waals surface area contributed by atoms with Crippen molar-refractivity contribution in [1.29, 1.82) is 5.26 Å². The van der Waals surface area contributed by atoms with Gasteiger partial charge in [-0.05, 0) is 29.8 Å². The maximum absolute atomic E-state index is 11.8. The second-order valence-corrected chi connectivity index (χ2v) is 4.76. The van der Waals surface area contributed by atoms with Crippen LogP contribution in [0.25, 0.3) is 0 Å². The van der Waals surface area contributed by atoms with Gasteiger partial charge < -0.3 is 10.1 Å². The third-order valence-corrected chi connectivity index (χ3v) is 2.95. The lowest BCUT2D eigenvalue weighted by atomic mass is 10.2. The first-order valence-corrected chi connectivity index (χ1v) is 6.68. The van der Waals surface area contributed by atoms with Crippen LogP contribution in [0.3, 0.4) is 0 Å². The molecule has 2 aromatic rings. The van der Waals surface area contributed by atoms with E-state index in [1.807, 2.05) is 18.2 Å². The lowest BCUT2D eigenvalue weighted by Gasteiger charge is -2.07. The standard InChI is InChI=1S/C16H13ClN2O2/c17-14-6-3-4-12(8-14)10-21-11-16(20)19-15-7-2-1-5-13(15)9-18/h1-8H,10-11H2,(H,19,20). The summed E-state index contributed by atoms with van der Waals surface area (Å²) in [6.07, 6.45) is 0. The third kappa shape index (κ3) is 4.60. The number of nitriles is 1. The highest BCUT2D eigenvalue weighted by molar-refractivity contribution is 6.30. The van der Waals surface area contributed by atoms with E-state index in [0.717, 1.165) is 5.56 Å². The molecular weight excluding hydrogens is 288 g/mol. The number of benzene rings is 2. The summed E-state index contributed by atoms with van der Waals surface area (Å²) in [4.78, 5) is 11.8. The lowest BCUT2D eigenvalue weighted by molar-refractivity contribution is -0.121. The Balaban J connectivity index is 1.84. The maximum atomic E-state index is 11.8. The lowest BCUT2D eigenvalue weighted by Crippen LogP contribution is -2.18. The monoisotopic (exact) mass is 300 g/mol. The summed E-state index contributed by atoms with van der Waals surface area (Å²) < 4.78 is 5.33. The molecule has 5 heteroatoms. The van der Waals surface area contributed by atoms with Gasteiger partial charge in [0.1, 0.15) is 12.7 Å². The van der Waals surface area contributed by atoms with Gasteiger partial charge in [-0.25, -0.2) is 0 Å². The predicted octanol–water partition coefficient (Wildman–Crippen LogP) is 3.37. The summed E-state index contributed by atoms with van der Waals surface area (Å²) in [6, 6.07) is 16.1. The third-order valence-electron chi connectivity index (χ3n) is 2.71. The molecule has 0 radical (unpaired) electrons. The maximum Gasteiger partial charge on any atom is 0.250 e. The number of anilines is 1. The molecule has 0 aliphatic carbocycles. The molecule has 106 valence electrons. The van der Waals surface area contributed by atoms with Crippen LogP contribution < -0.4 is 5.32 Å². The summed E-state index contributed by atoms with van der Waals surface area (Å²) in [7, 11) is 0. The SMILES string of the molecule is N#Cc1ccccc1NC(=O)COCc1cccc(Cl)c1. The first kappa shape index (κ1) is 15.0. The predicted molar refractivity (Wildman–Crippen MR) is 80.9 cm³/mol. The number of nitrogens with one attached hydrogen (secondary N) is 1.